The topological polar surface area (TPSA) is 75.5 Å². The first-order chi connectivity index (χ1) is 9.77. The highest BCUT2D eigenvalue weighted by Gasteiger charge is 2.34. The van der Waals surface area contributed by atoms with Crippen LogP contribution in [0.3, 0.4) is 0 Å². The van der Waals surface area contributed by atoms with Gasteiger partial charge in [0.25, 0.3) is 5.91 Å². The second kappa shape index (κ2) is 5.76. The van der Waals surface area contributed by atoms with Gasteiger partial charge in [-0.15, -0.1) is 0 Å². The van der Waals surface area contributed by atoms with Gasteiger partial charge in [-0.05, 0) is 13.3 Å². The lowest BCUT2D eigenvalue weighted by Gasteiger charge is -2.32. The Hall–Kier alpha value is -1.41. The second-order valence-electron chi connectivity index (χ2n) is 5.48. The molecule has 2 rings (SSSR count). The Kier molecular flexibility index (Phi) is 4.38. The molecule has 0 saturated heterocycles. The Bertz CT molecular complexity index is 636. The fraction of sp³-hybridized carbons (Fsp3) is 0.692. The van der Waals surface area contributed by atoms with Crippen molar-refractivity contribution in [3.05, 3.63) is 17.7 Å². The lowest BCUT2D eigenvalue weighted by Crippen LogP contribution is -2.42. The standard InChI is InChI=1S/C13H22N4O3S/c1-5-8-21(19,20)17-7-6-16-9-11(13(18)15(3)4)14-12(16)10(17)2/h9-10H,5-8H2,1-4H3/t10-/m0/s1. The number of rotatable bonds is 4. The van der Waals surface area contributed by atoms with Crippen LogP contribution in [-0.4, -0.2) is 59.5 Å². The van der Waals surface area contributed by atoms with E-state index in [0.29, 0.717) is 31.0 Å². The van der Waals surface area contributed by atoms with Crippen LogP contribution in [0.4, 0.5) is 0 Å². The minimum absolute atomic E-state index is 0.140. The van der Waals surface area contributed by atoms with Gasteiger partial charge in [0.05, 0.1) is 11.8 Å². The third kappa shape index (κ3) is 2.96. The van der Waals surface area contributed by atoms with Crippen molar-refractivity contribution in [2.45, 2.75) is 32.9 Å². The average molecular weight is 314 g/mol. The molecule has 0 radical (unpaired) electrons. The Morgan fingerprint density at radius 2 is 2.10 bits per heavy atom. The summed E-state index contributed by atoms with van der Waals surface area (Å²) in [7, 11) is 0.0695. The first-order valence-electron chi connectivity index (χ1n) is 7.06. The number of carbonyl (C=O) groups is 1. The van der Waals surface area contributed by atoms with Gasteiger partial charge in [0, 0.05) is 33.4 Å². The van der Waals surface area contributed by atoms with E-state index in [1.165, 1.54) is 9.21 Å². The van der Waals surface area contributed by atoms with Gasteiger partial charge in [-0.2, -0.15) is 4.31 Å². The third-order valence-corrected chi connectivity index (χ3v) is 5.76. The van der Waals surface area contributed by atoms with Gasteiger partial charge in [-0.3, -0.25) is 4.79 Å². The van der Waals surface area contributed by atoms with Crippen molar-refractivity contribution in [2.24, 2.45) is 0 Å². The molecule has 8 heteroatoms. The first-order valence-corrected chi connectivity index (χ1v) is 8.67. The van der Waals surface area contributed by atoms with Crippen molar-refractivity contribution in [3.8, 4) is 0 Å². The summed E-state index contributed by atoms with van der Waals surface area (Å²) in [6.07, 6.45) is 2.29. The SMILES string of the molecule is CCCS(=O)(=O)N1CCn2cc(C(=O)N(C)C)nc2[C@@H]1C. The fourth-order valence-corrected chi connectivity index (χ4v) is 4.25. The molecule has 0 bridgehead atoms. The number of aromatic nitrogens is 2. The number of hydrogen-bond acceptors (Lipinski definition) is 4. The maximum absolute atomic E-state index is 12.3. The van der Waals surface area contributed by atoms with E-state index >= 15 is 0 Å². The summed E-state index contributed by atoms with van der Waals surface area (Å²) in [5.41, 5.74) is 0.358. The van der Waals surface area contributed by atoms with E-state index in [4.69, 9.17) is 0 Å². The molecule has 1 aliphatic heterocycles. The minimum Gasteiger partial charge on any atom is -0.343 e. The zero-order valence-electron chi connectivity index (χ0n) is 12.9. The van der Waals surface area contributed by atoms with Crippen molar-refractivity contribution in [1.82, 2.24) is 18.8 Å². The van der Waals surface area contributed by atoms with Crippen molar-refractivity contribution < 1.29 is 13.2 Å². The van der Waals surface area contributed by atoms with Crippen LogP contribution in [0.1, 0.15) is 42.6 Å². The molecule has 7 nitrogen and oxygen atoms in total. The number of sulfonamides is 1. The van der Waals surface area contributed by atoms with E-state index in [9.17, 15) is 13.2 Å². The average Bonchev–Trinajstić information content (AvgIpc) is 2.82. The predicted octanol–water partition coefficient (Wildman–Crippen LogP) is 0.701. The summed E-state index contributed by atoms with van der Waals surface area (Å²) in [5.74, 6) is 0.597. The highest BCUT2D eigenvalue weighted by molar-refractivity contribution is 7.89. The summed E-state index contributed by atoms with van der Waals surface area (Å²) in [4.78, 5) is 17.8. The molecule has 0 saturated carbocycles. The van der Waals surface area contributed by atoms with Gasteiger partial charge in [0.15, 0.2) is 0 Å². The van der Waals surface area contributed by atoms with E-state index in [-0.39, 0.29) is 17.7 Å². The molecule has 1 aromatic heterocycles. The van der Waals surface area contributed by atoms with Crippen LogP contribution >= 0.6 is 0 Å². The summed E-state index contributed by atoms with van der Waals surface area (Å²) in [5, 5.41) is 0. The number of fused-ring (bicyclic) bond motifs is 1. The Morgan fingerprint density at radius 3 is 2.67 bits per heavy atom. The lowest BCUT2D eigenvalue weighted by molar-refractivity contribution is 0.0822. The van der Waals surface area contributed by atoms with Crippen LogP contribution in [0.15, 0.2) is 6.20 Å². The van der Waals surface area contributed by atoms with Crippen LogP contribution in [-0.2, 0) is 16.6 Å². The third-order valence-electron chi connectivity index (χ3n) is 3.62. The van der Waals surface area contributed by atoms with Gasteiger partial charge in [-0.25, -0.2) is 13.4 Å². The molecule has 0 aliphatic carbocycles. The van der Waals surface area contributed by atoms with E-state index in [0.717, 1.165) is 0 Å². The Morgan fingerprint density at radius 1 is 1.43 bits per heavy atom. The number of carbonyl (C=O) groups excluding carboxylic acids is 1. The predicted molar refractivity (Wildman–Crippen MR) is 79.4 cm³/mol. The van der Waals surface area contributed by atoms with Crippen molar-refractivity contribution in [1.29, 1.82) is 0 Å². The number of imidazole rings is 1. The monoisotopic (exact) mass is 314 g/mol. The van der Waals surface area contributed by atoms with Gasteiger partial charge >= 0.3 is 0 Å². The molecule has 1 aliphatic rings. The maximum atomic E-state index is 12.3. The van der Waals surface area contributed by atoms with E-state index in [1.54, 1.807) is 20.3 Å². The van der Waals surface area contributed by atoms with Crippen molar-refractivity contribution in [2.75, 3.05) is 26.4 Å². The maximum Gasteiger partial charge on any atom is 0.273 e. The highest BCUT2D eigenvalue weighted by Crippen LogP contribution is 2.27. The zero-order chi connectivity index (χ0) is 15.8. The number of nitrogens with zero attached hydrogens (tertiary/aromatic N) is 4. The quantitative estimate of drug-likeness (QED) is 0.820. The van der Waals surface area contributed by atoms with Crippen LogP contribution in [0, 0.1) is 0 Å². The van der Waals surface area contributed by atoms with Gasteiger partial charge < -0.3 is 9.47 Å². The molecule has 1 amide bonds. The molecular weight excluding hydrogens is 292 g/mol. The molecular formula is C13H22N4O3S. The van der Waals surface area contributed by atoms with E-state index < -0.39 is 10.0 Å². The van der Waals surface area contributed by atoms with Gasteiger partial charge in [-0.1, -0.05) is 6.92 Å². The van der Waals surface area contributed by atoms with Crippen LogP contribution in [0.25, 0.3) is 0 Å². The van der Waals surface area contributed by atoms with E-state index in [2.05, 4.69) is 4.98 Å². The van der Waals surface area contributed by atoms with Crippen LogP contribution < -0.4 is 0 Å². The van der Waals surface area contributed by atoms with Gasteiger partial charge in [0.2, 0.25) is 10.0 Å². The molecule has 0 unspecified atom stereocenters. The zero-order valence-corrected chi connectivity index (χ0v) is 13.7. The smallest absolute Gasteiger partial charge is 0.273 e. The second-order valence-corrected chi connectivity index (χ2v) is 7.52. The first kappa shape index (κ1) is 16.0. The van der Waals surface area contributed by atoms with Crippen molar-refractivity contribution >= 4 is 15.9 Å². The molecule has 0 fully saturated rings. The molecule has 0 spiro atoms. The van der Waals surface area contributed by atoms with Crippen LogP contribution in [0.2, 0.25) is 0 Å². The molecule has 0 aromatic carbocycles. The van der Waals surface area contributed by atoms with Crippen molar-refractivity contribution in [3.63, 3.8) is 0 Å². The number of hydrogen-bond donors (Lipinski definition) is 0. The normalized spacial score (nSPS) is 19.3. The lowest BCUT2D eigenvalue weighted by atomic mass is 10.2. The summed E-state index contributed by atoms with van der Waals surface area (Å²) < 4.78 is 27.9. The summed E-state index contributed by atoms with van der Waals surface area (Å²) >= 11 is 0. The summed E-state index contributed by atoms with van der Waals surface area (Å²) in [6, 6.07) is -0.348. The Labute approximate surface area is 125 Å². The molecule has 2 heterocycles. The fourth-order valence-electron chi connectivity index (χ4n) is 2.56. The number of amides is 1. The largest absolute Gasteiger partial charge is 0.343 e. The van der Waals surface area contributed by atoms with E-state index in [1.807, 2.05) is 18.4 Å². The molecule has 1 atom stereocenters. The molecule has 21 heavy (non-hydrogen) atoms. The highest BCUT2D eigenvalue weighted by atomic mass is 32.2. The summed E-state index contributed by atoms with van der Waals surface area (Å²) in [6.45, 7) is 4.61. The molecule has 118 valence electrons. The molecule has 1 aromatic rings. The Balaban J connectivity index is 2.32. The van der Waals surface area contributed by atoms with Crippen LogP contribution in [0.5, 0.6) is 0 Å². The molecule has 0 N–H and O–H groups in total. The van der Waals surface area contributed by atoms with Gasteiger partial charge in [0.1, 0.15) is 11.5 Å². The minimum atomic E-state index is -3.27.